The normalized spacial score (nSPS) is 11.3. The van der Waals surface area contributed by atoms with Crippen molar-refractivity contribution in [2.75, 3.05) is 26.0 Å². The predicted octanol–water partition coefficient (Wildman–Crippen LogP) is 2.68. The lowest BCUT2D eigenvalue weighted by Crippen LogP contribution is -2.36. The largest absolute Gasteiger partial charge is 0.378 e. The van der Waals surface area contributed by atoms with Crippen molar-refractivity contribution < 1.29 is 0 Å². The summed E-state index contributed by atoms with van der Waals surface area (Å²) >= 11 is 1.71. The van der Waals surface area contributed by atoms with Crippen LogP contribution in [0.4, 0.5) is 5.69 Å². The SMILES string of the molecule is CN=C(NCc1ccc(N(C)C)cc1)NCc1ccsc1. The molecule has 0 aliphatic heterocycles. The quantitative estimate of drug-likeness (QED) is 0.659. The summed E-state index contributed by atoms with van der Waals surface area (Å²) in [4.78, 5) is 6.33. The Bertz CT molecular complexity index is 558. The van der Waals surface area contributed by atoms with Crippen molar-refractivity contribution in [3.63, 3.8) is 0 Å². The molecule has 0 aliphatic rings. The number of rotatable bonds is 5. The molecule has 2 rings (SSSR count). The molecule has 0 amide bonds. The number of nitrogens with one attached hydrogen (secondary N) is 2. The van der Waals surface area contributed by atoms with E-state index in [9.17, 15) is 0 Å². The van der Waals surface area contributed by atoms with Crippen LogP contribution in [0.2, 0.25) is 0 Å². The standard InChI is InChI=1S/C16H22N4S/c1-17-16(19-11-14-8-9-21-12-14)18-10-13-4-6-15(7-5-13)20(2)3/h4-9,12H,10-11H2,1-3H3,(H2,17,18,19). The maximum absolute atomic E-state index is 4.24. The smallest absolute Gasteiger partial charge is 0.191 e. The van der Waals surface area contributed by atoms with Crippen molar-refractivity contribution in [2.24, 2.45) is 4.99 Å². The van der Waals surface area contributed by atoms with Gasteiger partial charge in [0.05, 0.1) is 0 Å². The van der Waals surface area contributed by atoms with Gasteiger partial charge in [-0.3, -0.25) is 4.99 Å². The van der Waals surface area contributed by atoms with Crippen LogP contribution in [0.15, 0.2) is 46.1 Å². The molecule has 0 spiro atoms. The highest BCUT2D eigenvalue weighted by Gasteiger charge is 2.00. The lowest BCUT2D eigenvalue weighted by atomic mass is 10.2. The third-order valence-electron chi connectivity index (χ3n) is 3.18. The van der Waals surface area contributed by atoms with Crippen LogP contribution < -0.4 is 15.5 Å². The summed E-state index contributed by atoms with van der Waals surface area (Å²) in [5, 5.41) is 10.9. The van der Waals surface area contributed by atoms with Crippen molar-refractivity contribution in [3.8, 4) is 0 Å². The van der Waals surface area contributed by atoms with Gasteiger partial charge in [-0.05, 0) is 40.1 Å². The summed E-state index contributed by atoms with van der Waals surface area (Å²) < 4.78 is 0. The minimum Gasteiger partial charge on any atom is -0.378 e. The molecule has 0 atom stereocenters. The van der Waals surface area contributed by atoms with Gasteiger partial charge in [0.15, 0.2) is 5.96 Å². The van der Waals surface area contributed by atoms with Crippen molar-refractivity contribution in [2.45, 2.75) is 13.1 Å². The number of thiophene rings is 1. The second-order valence-electron chi connectivity index (χ2n) is 4.97. The Balaban J connectivity index is 1.82. The highest BCUT2D eigenvalue weighted by atomic mass is 32.1. The molecule has 112 valence electrons. The Hall–Kier alpha value is -2.01. The van der Waals surface area contributed by atoms with E-state index in [0.717, 1.165) is 19.0 Å². The zero-order valence-corrected chi connectivity index (χ0v) is 13.6. The number of hydrogen-bond acceptors (Lipinski definition) is 3. The van der Waals surface area contributed by atoms with E-state index in [4.69, 9.17) is 0 Å². The Morgan fingerprint density at radius 3 is 2.24 bits per heavy atom. The lowest BCUT2D eigenvalue weighted by molar-refractivity contribution is 0.810. The zero-order valence-electron chi connectivity index (χ0n) is 12.8. The highest BCUT2D eigenvalue weighted by molar-refractivity contribution is 7.07. The third-order valence-corrected chi connectivity index (χ3v) is 3.91. The van der Waals surface area contributed by atoms with E-state index in [0.29, 0.717) is 0 Å². The van der Waals surface area contributed by atoms with Crippen molar-refractivity contribution in [1.82, 2.24) is 10.6 Å². The van der Waals surface area contributed by atoms with E-state index in [1.165, 1.54) is 16.8 Å². The fraction of sp³-hybridized carbons (Fsp3) is 0.312. The summed E-state index contributed by atoms with van der Waals surface area (Å²) in [6, 6.07) is 10.6. The Morgan fingerprint density at radius 1 is 1.05 bits per heavy atom. The number of nitrogens with zero attached hydrogens (tertiary/aromatic N) is 2. The van der Waals surface area contributed by atoms with Crippen LogP contribution in [0.3, 0.4) is 0 Å². The molecule has 2 N–H and O–H groups in total. The van der Waals surface area contributed by atoms with E-state index in [1.807, 2.05) is 14.1 Å². The Labute approximate surface area is 130 Å². The first-order chi connectivity index (χ1) is 10.2. The molecule has 5 heteroatoms. The summed E-state index contributed by atoms with van der Waals surface area (Å²) in [6.45, 7) is 1.56. The second-order valence-corrected chi connectivity index (χ2v) is 5.75. The van der Waals surface area contributed by atoms with Gasteiger partial charge in [0.25, 0.3) is 0 Å². The first-order valence-corrected chi connectivity index (χ1v) is 7.85. The van der Waals surface area contributed by atoms with Crippen LogP contribution in [-0.2, 0) is 13.1 Å². The molecule has 1 aromatic carbocycles. The number of hydrogen-bond donors (Lipinski definition) is 2. The number of anilines is 1. The monoisotopic (exact) mass is 302 g/mol. The Kier molecular flexibility index (Phi) is 5.63. The fourth-order valence-electron chi connectivity index (χ4n) is 1.90. The first kappa shape index (κ1) is 15.4. The third kappa shape index (κ3) is 4.79. The molecule has 1 aromatic heterocycles. The molecule has 0 saturated heterocycles. The average Bonchev–Trinajstić information content (AvgIpc) is 3.01. The molecule has 0 aliphatic carbocycles. The highest BCUT2D eigenvalue weighted by Crippen LogP contribution is 2.12. The van der Waals surface area contributed by atoms with Gasteiger partial charge < -0.3 is 15.5 Å². The summed E-state index contributed by atoms with van der Waals surface area (Å²) in [5.41, 5.74) is 3.72. The number of guanidine groups is 1. The topological polar surface area (TPSA) is 39.7 Å². The van der Waals surface area contributed by atoms with Gasteiger partial charge in [-0.1, -0.05) is 12.1 Å². The number of aliphatic imine (C=N–C) groups is 1. The van der Waals surface area contributed by atoms with Gasteiger partial charge in [-0.25, -0.2) is 0 Å². The number of benzene rings is 1. The van der Waals surface area contributed by atoms with Crippen LogP contribution in [0, 0.1) is 0 Å². The Morgan fingerprint density at radius 2 is 1.71 bits per heavy atom. The molecule has 4 nitrogen and oxygen atoms in total. The van der Waals surface area contributed by atoms with Gasteiger partial charge in [0, 0.05) is 39.9 Å². The van der Waals surface area contributed by atoms with E-state index in [-0.39, 0.29) is 0 Å². The summed E-state index contributed by atoms with van der Waals surface area (Å²) in [6.07, 6.45) is 0. The van der Waals surface area contributed by atoms with Crippen molar-refractivity contribution in [3.05, 3.63) is 52.2 Å². The molecule has 0 unspecified atom stereocenters. The van der Waals surface area contributed by atoms with E-state index < -0.39 is 0 Å². The molecule has 2 aromatic rings. The van der Waals surface area contributed by atoms with E-state index in [2.05, 4.69) is 61.6 Å². The van der Waals surface area contributed by atoms with Gasteiger partial charge in [-0.2, -0.15) is 11.3 Å². The van der Waals surface area contributed by atoms with Crippen LogP contribution in [0.1, 0.15) is 11.1 Å². The molecule has 21 heavy (non-hydrogen) atoms. The summed E-state index contributed by atoms with van der Waals surface area (Å²) in [7, 11) is 5.88. The second kappa shape index (κ2) is 7.69. The molecule has 0 fully saturated rings. The van der Waals surface area contributed by atoms with E-state index >= 15 is 0 Å². The van der Waals surface area contributed by atoms with Crippen LogP contribution in [0.25, 0.3) is 0 Å². The molecular formula is C16H22N4S. The molecule has 0 bridgehead atoms. The van der Waals surface area contributed by atoms with Crippen LogP contribution in [-0.4, -0.2) is 27.1 Å². The van der Waals surface area contributed by atoms with Crippen LogP contribution in [0.5, 0.6) is 0 Å². The van der Waals surface area contributed by atoms with Crippen LogP contribution >= 0.6 is 11.3 Å². The molecular weight excluding hydrogens is 280 g/mol. The van der Waals surface area contributed by atoms with Gasteiger partial charge in [0.1, 0.15) is 0 Å². The van der Waals surface area contributed by atoms with Crippen molar-refractivity contribution >= 4 is 23.0 Å². The van der Waals surface area contributed by atoms with Crippen molar-refractivity contribution in [1.29, 1.82) is 0 Å². The van der Waals surface area contributed by atoms with Gasteiger partial charge >= 0.3 is 0 Å². The molecule has 0 saturated carbocycles. The minimum atomic E-state index is 0.761. The predicted molar refractivity (Wildman–Crippen MR) is 92.1 cm³/mol. The molecule has 0 radical (unpaired) electrons. The minimum absolute atomic E-state index is 0.761. The lowest BCUT2D eigenvalue weighted by Gasteiger charge is -2.14. The van der Waals surface area contributed by atoms with Gasteiger partial charge in [-0.15, -0.1) is 0 Å². The molecule has 1 heterocycles. The maximum atomic E-state index is 4.24. The first-order valence-electron chi connectivity index (χ1n) is 6.91. The maximum Gasteiger partial charge on any atom is 0.191 e. The summed E-state index contributed by atoms with van der Waals surface area (Å²) in [5.74, 6) is 0.817. The van der Waals surface area contributed by atoms with Gasteiger partial charge in [0.2, 0.25) is 0 Å². The fourth-order valence-corrected chi connectivity index (χ4v) is 2.57. The zero-order chi connectivity index (χ0) is 15.1. The van der Waals surface area contributed by atoms with E-state index in [1.54, 1.807) is 18.4 Å². The average molecular weight is 302 g/mol.